The zero-order valence-corrected chi connectivity index (χ0v) is 22.0. The standard InChI is InChI=1S/C27H48N4O2/c1-19(2)23-16-21(20(3)15-22(23)18-29-26(33)27(4,5)6)17-25(32)31-13-11-30(12-14-31)24-9-7-8-10-28-24/h15,19,21-24,28H,7-14,16-18H2,1-6H3,(H,29,33)/p+1. The minimum atomic E-state index is -0.366. The van der Waals surface area contributed by atoms with Crippen LogP contribution in [0.25, 0.3) is 0 Å². The lowest BCUT2D eigenvalue weighted by Crippen LogP contribution is -2.95. The van der Waals surface area contributed by atoms with Gasteiger partial charge < -0.3 is 15.5 Å². The van der Waals surface area contributed by atoms with E-state index in [1.165, 1.54) is 31.4 Å². The largest absolute Gasteiger partial charge is 0.355 e. The highest BCUT2D eigenvalue weighted by Crippen LogP contribution is 2.39. The van der Waals surface area contributed by atoms with Gasteiger partial charge in [0.25, 0.3) is 0 Å². The minimum Gasteiger partial charge on any atom is -0.355 e. The van der Waals surface area contributed by atoms with Gasteiger partial charge >= 0.3 is 0 Å². The summed E-state index contributed by atoms with van der Waals surface area (Å²) in [5.41, 5.74) is 0.958. The Balaban J connectivity index is 1.54. The van der Waals surface area contributed by atoms with Crippen LogP contribution in [0.15, 0.2) is 11.6 Å². The summed E-state index contributed by atoms with van der Waals surface area (Å²) in [7, 11) is 0. The highest BCUT2D eigenvalue weighted by Gasteiger charge is 2.35. The number of rotatable bonds is 6. The normalized spacial score (nSPS) is 29.7. The zero-order valence-electron chi connectivity index (χ0n) is 22.0. The Kier molecular flexibility index (Phi) is 9.02. The molecule has 0 aromatic heterocycles. The quantitative estimate of drug-likeness (QED) is 0.598. The molecule has 2 heterocycles. The fourth-order valence-corrected chi connectivity index (χ4v) is 5.88. The summed E-state index contributed by atoms with van der Waals surface area (Å²) in [5.74, 6) is 2.12. The molecule has 3 aliphatic rings. The molecule has 6 heteroatoms. The Morgan fingerprint density at radius 1 is 1.15 bits per heavy atom. The van der Waals surface area contributed by atoms with Gasteiger partial charge in [0.1, 0.15) is 6.17 Å². The molecule has 0 bridgehead atoms. The van der Waals surface area contributed by atoms with E-state index in [-0.39, 0.29) is 11.3 Å². The molecule has 188 valence electrons. The number of allylic oxidation sites excluding steroid dienone is 1. The summed E-state index contributed by atoms with van der Waals surface area (Å²) >= 11 is 0. The van der Waals surface area contributed by atoms with Crippen LogP contribution in [0.1, 0.15) is 73.6 Å². The van der Waals surface area contributed by atoms with E-state index in [1.807, 2.05) is 20.8 Å². The average Bonchev–Trinajstić information content (AvgIpc) is 2.78. The summed E-state index contributed by atoms with van der Waals surface area (Å²) in [6.45, 7) is 18.3. The maximum Gasteiger partial charge on any atom is 0.225 e. The van der Waals surface area contributed by atoms with Crippen LogP contribution in [0.2, 0.25) is 0 Å². The van der Waals surface area contributed by atoms with Crippen LogP contribution in [-0.2, 0) is 9.59 Å². The van der Waals surface area contributed by atoms with E-state index in [0.29, 0.717) is 48.7 Å². The number of hydrogen-bond donors (Lipinski definition) is 2. The van der Waals surface area contributed by atoms with E-state index in [2.05, 4.69) is 47.3 Å². The van der Waals surface area contributed by atoms with Crippen molar-refractivity contribution in [2.24, 2.45) is 29.1 Å². The molecule has 2 amide bonds. The van der Waals surface area contributed by atoms with Crippen LogP contribution in [0.5, 0.6) is 0 Å². The number of nitrogens with zero attached hydrogens (tertiary/aromatic N) is 2. The van der Waals surface area contributed by atoms with Gasteiger partial charge in [0, 0.05) is 51.0 Å². The monoisotopic (exact) mass is 461 g/mol. The van der Waals surface area contributed by atoms with E-state index in [1.54, 1.807) is 0 Å². The zero-order chi connectivity index (χ0) is 24.2. The minimum absolute atomic E-state index is 0.110. The summed E-state index contributed by atoms with van der Waals surface area (Å²) in [6, 6.07) is 0. The van der Waals surface area contributed by atoms with Crippen LogP contribution in [0.4, 0.5) is 0 Å². The lowest BCUT2D eigenvalue weighted by atomic mass is 9.69. The van der Waals surface area contributed by atoms with Gasteiger partial charge in [-0.3, -0.25) is 14.5 Å². The summed E-state index contributed by atoms with van der Waals surface area (Å²) in [6.07, 6.45) is 8.61. The van der Waals surface area contributed by atoms with Gasteiger partial charge in [-0.25, -0.2) is 0 Å². The number of nitrogens with two attached hydrogens (primary N) is 1. The molecule has 0 aromatic rings. The maximum absolute atomic E-state index is 13.2. The third-order valence-electron chi connectivity index (χ3n) is 8.21. The molecule has 0 radical (unpaired) electrons. The summed E-state index contributed by atoms with van der Waals surface area (Å²) in [4.78, 5) is 30.3. The Morgan fingerprint density at radius 2 is 1.85 bits per heavy atom. The van der Waals surface area contributed by atoms with Crippen LogP contribution in [-0.4, -0.2) is 67.0 Å². The molecular formula is C27H49N4O2+. The first-order valence-corrected chi connectivity index (χ1v) is 13.4. The highest BCUT2D eigenvalue weighted by molar-refractivity contribution is 5.81. The smallest absolute Gasteiger partial charge is 0.225 e. The number of carbonyl (C=O) groups is 2. The first-order chi connectivity index (χ1) is 15.6. The third kappa shape index (κ3) is 7.05. The van der Waals surface area contributed by atoms with Crippen molar-refractivity contribution >= 4 is 11.8 Å². The van der Waals surface area contributed by atoms with E-state index >= 15 is 0 Å². The van der Waals surface area contributed by atoms with Crippen molar-refractivity contribution in [3.05, 3.63) is 11.6 Å². The van der Waals surface area contributed by atoms with Gasteiger partial charge in [-0.15, -0.1) is 0 Å². The first-order valence-electron chi connectivity index (χ1n) is 13.4. The van der Waals surface area contributed by atoms with E-state index in [9.17, 15) is 9.59 Å². The van der Waals surface area contributed by atoms with Crippen LogP contribution in [0, 0.1) is 29.1 Å². The van der Waals surface area contributed by atoms with Crippen molar-refractivity contribution in [2.45, 2.75) is 79.8 Å². The Hall–Kier alpha value is -1.40. The van der Waals surface area contributed by atoms with Crippen molar-refractivity contribution in [2.75, 3.05) is 39.3 Å². The number of carbonyl (C=O) groups excluding carboxylic acids is 2. The Bertz CT molecular complexity index is 697. The topological polar surface area (TPSA) is 69.3 Å². The van der Waals surface area contributed by atoms with Gasteiger partial charge in [0.05, 0.1) is 6.54 Å². The third-order valence-corrected chi connectivity index (χ3v) is 8.21. The molecule has 2 fully saturated rings. The second-order valence-electron chi connectivity index (χ2n) is 12.1. The number of piperazine rings is 1. The molecule has 2 aliphatic heterocycles. The molecule has 1 aliphatic carbocycles. The van der Waals surface area contributed by atoms with Crippen molar-refractivity contribution in [1.82, 2.24) is 15.1 Å². The fraction of sp³-hybridized carbons (Fsp3) is 0.852. The Labute approximate surface area is 201 Å². The van der Waals surface area contributed by atoms with Gasteiger partial charge in [-0.1, -0.05) is 46.3 Å². The predicted octanol–water partition coefficient (Wildman–Crippen LogP) is 2.61. The fourth-order valence-electron chi connectivity index (χ4n) is 5.88. The number of quaternary nitrogens is 1. The molecule has 0 saturated carbocycles. The molecule has 33 heavy (non-hydrogen) atoms. The van der Waals surface area contributed by atoms with Gasteiger partial charge in [0.15, 0.2) is 0 Å². The summed E-state index contributed by atoms with van der Waals surface area (Å²) in [5, 5.41) is 5.66. The van der Waals surface area contributed by atoms with Crippen LogP contribution >= 0.6 is 0 Å². The molecule has 0 aromatic carbocycles. The molecule has 2 saturated heterocycles. The number of hydrogen-bond acceptors (Lipinski definition) is 3. The molecule has 3 N–H and O–H groups in total. The van der Waals surface area contributed by atoms with Gasteiger partial charge in [0.2, 0.25) is 11.8 Å². The van der Waals surface area contributed by atoms with Crippen molar-refractivity contribution < 1.29 is 14.9 Å². The average molecular weight is 462 g/mol. The highest BCUT2D eigenvalue weighted by atomic mass is 16.2. The Morgan fingerprint density at radius 3 is 2.42 bits per heavy atom. The molecule has 3 rings (SSSR count). The number of piperidine rings is 1. The molecule has 4 unspecified atom stereocenters. The lowest BCUT2D eigenvalue weighted by molar-refractivity contribution is -0.717. The predicted molar refractivity (Wildman–Crippen MR) is 133 cm³/mol. The van der Waals surface area contributed by atoms with E-state index in [0.717, 1.165) is 32.6 Å². The molecule has 4 atom stereocenters. The van der Waals surface area contributed by atoms with Crippen LogP contribution in [0.3, 0.4) is 0 Å². The molecule has 0 spiro atoms. The van der Waals surface area contributed by atoms with Crippen molar-refractivity contribution in [1.29, 1.82) is 0 Å². The second-order valence-corrected chi connectivity index (χ2v) is 12.1. The summed E-state index contributed by atoms with van der Waals surface area (Å²) < 4.78 is 0. The molecular weight excluding hydrogens is 412 g/mol. The first kappa shape index (κ1) is 26.2. The van der Waals surface area contributed by atoms with Gasteiger partial charge in [-0.2, -0.15) is 0 Å². The SMILES string of the molecule is CC1=CC(CNC(=O)C(C)(C)C)C(C(C)C)CC1CC(=O)N1CCN(C2CCCC[NH2+]2)CC1. The van der Waals surface area contributed by atoms with Crippen molar-refractivity contribution in [3.8, 4) is 0 Å². The molecule has 6 nitrogen and oxygen atoms in total. The lowest BCUT2D eigenvalue weighted by Gasteiger charge is -2.40. The number of nitrogens with one attached hydrogen (secondary N) is 1. The maximum atomic E-state index is 13.2. The van der Waals surface area contributed by atoms with Crippen molar-refractivity contribution in [3.63, 3.8) is 0 Å². The number of amides is 2. The van der Waals surface area contributed by atoms with Gasteiger partial charge in [-0.05, 0) is 49.9 Å². The second kappa shape index (κ2) is 11.4. The van der Waals surface area contributed by atoms with Crippen LogP contribution < -0.4 is 10.6 Å². The van der Waals surface area contributed by atoms with E-state index in [4.69, 9.17) is 0 Å². The van der Waals surface area contributed by atoms with E-state index < -0.39 is 0 Å².